The Balaban J connectivity index is 2.22. The molecular formula is C19H25N3O3. The highest BCUT2D eigenvalue weighted by Crippen LogP contribution is 2.46. The second-order valence-corrected chi connectivity index (χ2v) is 7.49. The van der Waals surface area contributed by atoms with Crippen LogP contribution in [0.4, 0.5) is 0 Å². The highest BCUT2D eigenvalue weighted by Gasteiger charge is 2.43. The van der Waals surface area contributed by atoms with E-state index >= 15 is 0 Å². The first-order chi connectivity index (χ1) is 11.8. The molecule has 0 fully saturated rings. The number of esters is 1. The molecule has 0 aromatic carbocycles. The van der Waals surface area contributed by atoms with Gasteiger partial charge in [-0.25, -0.2) is 4.79 Å². The maximum Gasteiger partial charge on any atom is 0.336 e. The summed E-state index contributed by atoms with van der Waals surface area (Å²) in [4.78, 5) is 25.5. The Bertz CT molecular complexity index is 799. The van der Waals surface area contributed by atoms with E-state index in [1.54, 1.807) is 6.20 Å². The van der Waals surface area contributed by atoms with Crippen LogP contribution in [0.25, 0.3) is 0 Å². The summed E-state index contributed by atoms with van der Waals surface area (Å²) in [5.41, 5.74) is 3.58. The lowest BCUT2D eigenvalue weighted by molar-refractivity contribution is -0.136. The smallest absolute Gasteiger partial charge is 0.336 e. The van der Waals surface area contributed by atoms with Crippen LogP contribution in [0.3, 0.4) is 0 Å². The summed E-state index contributed by atoms with van der Waals surface area (Å²) in [6.07, 6.45) is 2.96. The molecule has 6 heteroatoms. The SMILES string of the molecule is CCn1nccc1[C@H]1C(C(=O)OC)=C(C)NC2=C1C(=O)CC(C)(C)C2. The molecule has 3 rings (SSSR count). The minimum absolute atomic E-state index is 0.0847. The summed E-state index contributed by atoms with van der Waals surface area (Å²) in [6.45, 7) is 8.71. The standard InChI is InChI=1S/C19H25N3O3/c1-6-22-13(7-8-20-22)17-15(18(24)25-5)11(2)21-12-9-19(3,4)10-14(23)16(12)17/h7-8,17,21H,6,9-10H2,1-5H3/t17-/m0/s1. The Morgan fingerprint density at radius 2 is 2.16 bits per heavy atom. The normalized spacial score (nSPS) is 22.6. The molecular weight excluding hydrogens is 318 g/mol. The van der Waals surface area contributed by atoms with Gasteiger partial charge in [-0.1, -0.05) is 13.8 Å². The van der Waals surface area contributed by atoms with E-state index in [1.807, 2.05) is 24.6 Å². The van der Waals surface area contributed by atoms with Gasteiger partial charge in [0.25, 0.3) is 0 Å². The number of allylic oxidation sites excluding steroid dienone is 3. The molecule has 0 saturated heterocycles. The zero-order valence-electron chi connectivity index (χ0n) is 15.5. The third-order valence-electron chi connectivity index (χ3n) is 4.99. The summed E-state index contributed by atoms with van der Waals surface area (Å²) >= 11 is 0. The molecule has 1 aromatic rings. The highest BCUT2D eigenvalue weighted by molar-refractivity contribution is 6.04. The number of carbonyl (C=O) groups is 2. The Morgan fingerprint density at radius 3 is 2.80 bits per heavy atom. The lowest BCUT2D eigenvalue weighted by Gasteiger charge is -2.39. The topological polar surface area (TPSA) is 73.2 Å². The van der Waals surface area contributed by atoms with E-state index in [0.29, 0.717) is 24.1 Å². The number of carbonyl (C=O) groups excluding carboxylic acids is 2. The van der Waals surface area contributed by atoms with Gasteiger partial charge in [0.2, 0.25) is 0 Å². The summed E-state index contributed by atoms with van der Waals surface area (Å²) in [6, 6.07) is 1.88. The molecule has 0 bridgehead atoms. The molecule has 1 aromatic heterocycles. The Morgan fingerprint density at radius 1 is 1.44 bits per heavy atom. The van der Waals surface area contributed by atoms with Gasteiger partial charge in [-0.3, -0.25) is 9.48 Å². The van der Waals surface area contributed by atoms with Crippen LogP contribution in [0.5, 0.6) is 0 Å². The molecule has 0 radical (unpaired) electrons. The van der Waals surface area contributed by atoms with Crippen molar-refractivity contribution in [2.24, 2.45) is 5.41 Å². The van der Waals surface area contributed by atoms with Gasteiger partial charge in [-0.2, -0.15) is 5.10 Å². The molecule has 0 saturated carbocycles. The molecule has 134 valence electrons. The van der Waals surface area contributed by atoms with Crippen LogP contribution >= 0.6 is 0 Å². The zero-order valence-corrected chi connectivity index (χ0v) is 15.5. The predicted octanol–water partition coefficient (Wildman–Crippen LogP) is 2.68. The fourth-order valence-corrected chi connectivity index (χ4v) is 3.96. The van der Waals surface area contributed by atoms with Gasteiger partial charge in [0, 0.05) is 36.1 Å². The minimum atomic E-state index is -0.435. The van der Waals surface area contributed by atoms with Crippen LogP contribution < -0.4 is 5.32 Å². The molecule has 25 heavy (non-hydrogen) atoms. The Kier molecular flexibility index (Phi) is 4.31. The second-order valence-electron chi connectivity index (χ2n) is 7.49. The van der Waals surface area contributed by atoms with E-state index < -0.39 is 11.9 Å². The van der Waals surface area contributed by atoms with Gasteiger partial charge in [0.1, 0.15) is 0 Å². The van der Waals surface area contributed by atoms with E-state index in [9.17, 15) is 9.59 Å². The maximum atomic E-state index is 13.0. The van der Waals surface area contributed by atoms with Crippen molar-refractivity contribution in [2.45, 2.75) is 53.0 Å². The van der Waals surface area contributed by atoms with Crippen molar-refractivity contribution in [1.29, 1.82) is 0 Å². The average Bonchev–Trinajstić information content (AvgIpc) is 2.99. The van der Waals surface area contributed by atoms with E-state index in [0.717, 1.165) is 23.5 Å². The van der Waals surface area contributed by atoms with Crippen LogP contribution in [0.2, 0.25) is 0 Å². The number of nitrogens with zero attached hydrogens (tertiary/aromatic N) is 2. The number of rotatable bonds is 3. The molecule has 1 aliphatic heterocycles. The monoisotopic (exact) mass is 343 g/mol. The van der Waals surface area contributed by atoms with Crippen molar-refractivity contribution in [3.8, 4) is 0 Å². The summed E-state index contributed by atoms with van der Waals surface area (Å²) < 4.78 is 6.85. The Hall–Kier alpha value is -2.37. The predicted molar refractivity (Wildman–Crippen MR) is 93.5 cm³/mol. The van der Waals surface area contributed by atoms with Crippen molar-refractivity contribution in [3.05, 3.63) is 40.5 Å². The van der Waals surface area contributed by atoms with Crippen molar-refractivity contribution in [2.75, 3.05) is 7.11 Å². The third-order valence-corrected chi connectivity index (χ3v) is 4.99. The van der Waals surface area contributed by atoms with Crippen molar-refractivity contribution in [1.82, 2.24) is 15.1 Å². The van der Waals surface area contributed by atoms with Crippen LogP contribution in [0.15, 0.2) is 34.8 Å². The van der Waals surface area contributed by atoms with Crippen molar-refractivity contribution in [3.63, 3.8) is 0 Å². The number of hydrogen-bond acceptors (Lipinski definition) is 5. The van der Waals surface area contributed by atoms with Crippen LogP contribution in [0.1, 0.15) is 52.1 Å². The van der Waals surface area contributed by atoms with Gasteiger partial charge in [-0.05, 0) is 31.7 Å². The molecule has 2 heterocycles. The van der Waals surface area contributed by atoms with Gasteiger partial charge < -0.3 is 10.1 Å². The van der Waals surface area contributed by atoms with Gasteiger partial charge >= 0.3 is 5.97 Å². The first kappa shape index (κ1) is 17.5. The summed E-state index contributed by atoms with van der Waals surface area (Å²) in [5.74, 6) is -0.765. The minimum Gasteiger partial charge on any atom is -0.466 e. The lowest BCUT2D eigenvalue weighted by Crippen LogP contribution is -2.39. The molecule has 6 nitrogen and oxygen atoms in total. The number of nitrogens with one attached hydrogen (secondary N) is 1. The lowest BCUT2D eigenvalue weighted by atomic mass is 9.69. The molecule has 0 unspecified atom stereocenters. The number of hydrogen-bond donors (Lipinski definition) is 1. The molecule has 1 aliphatic carbocycles. The maximum absolute atomic E-state index is 13.0. The van der Waals surface area contributed by atoms with Crippen LogP contribution in [0, 0.1) is 5.41 Å². The van der Waals surface area contributed by atoms with Crippen LogP contribution in [-0.4, -0.2) is 28.6 Å². The quantitative estimate of drug-likeness (QED) is 0.854. The van der Waals surface area contributed by atoms with Gasteiger partial charge in [-0.15, -0.1) is 0 Å². The Labute approximate surface area is 147 Å². The largest absolute Gasteiger partial charge is 0.466 e. The van der Waals surface area contributed by atoms with Gasteiger partial charge in [0.05, 0.1) is 24.3 Å². The zero-order chi connectivity index (χ0) is 18.4. The first-order valence-corrected chi connectivity index (χ1v) is 8.63. The van der Waals surface area contributed by atoms with E-state index in [-0.39, 0.29) is 11.2 Å². The number of ketones is 1. The highest BCUT2D eigenvalue weighted by atomic mass is 16.5. The summed E-state index contributed by atoms with van der Waals surface area (Å²) in [7, 11) is 1.37. The first-order valence-electron chi connectivity index (χ1n) is 8.63. The van der Waals surface area contributed by atoms with Crippen LogP contribution in [-0.2, 0) is 20.9 Å². The second kappa shape index (κ2) is 6.17. The molecule has 0 amide bonds. The van der Waals surface area contributed by atoms with E-state index in [4.69, 9.17) is 4.74 Å². The number of aromatic nitrogens is 2. The fraction of sp³-hybridized carbons (Fsp3) is 0.526. The van der Waals surface area contributed by atoms with Crippen molar-refractivity contribution >= 4 is 11.8 Å². The van der Waals surface area contributed by atoms with E-state index in [1.165, 1.54) is 7.11 Å². The molecule has 1 N–H and O–H groups in total. The number of ether oxygens (including phenoxy) is 1. The van der Waals surface area contributed by atoms with Gasteiger partial charge in [0.15, 0.2) is 5.78 Å². The number of aryl methyl sites for hydroxylation is 1. The number of Topliss-reactive ketones (excluding diaryl/α,β-unsaturated/α-hetero) is 1. The average molecular weight is 343 g/mol. The number of methoxy groups -OCH3 is 1. The number of dihydropyridines is 1. The fourth-order valence-electron chi connectivity index (χ4n) is 3.96. The molecule has 1 atom stereocenters. The molecule has 2 aliphatic rings. The summed E-state index contributed by atoms with van der Waals surface area (Å²) in [5, 5.41) is 7.64. The third kappa shape index (κ3) is 2.90. The molecule has 0 spiro atoms. The van der Waals surface area contributed by atoms with E-state index in [2.05, 4.69) is 24.3 Å². The van der Waals surface area contributed by atoms with Crippen molar-refractivity contribution < 1.29 is 14.3 Å².